The SMILES string of the molecule is Cc1c[c-]c(-c2ccccn2)cc1.Cc1cc(-c2[c-]cccc2)ncc1-c1ccccc1.Cc1cc(-c2[c-]cccc2)ncc1-c1ccccc1.Cc1ccc[c-]c1-c1ccccn1.[2H]c1[c-]c(-c2cc(C)c(-c3ccc(F)cc3)cn2)c([2H])c([2H])c1[2H].[Ir].[Ir].[Ir].[c-]1ccccc1-c1ccc2ccccc2n1. The van der Waals surface area contributed by atoms with Crippen molar-refractivity contribution >= 4 is 10.9 Å². The van der Waals surface area contributed by atoms with E-state index in [2.05, 4.69) is 155 Å². The molecule has 513 valence electrons. The van der Waals surface area contributed by atoms with Gasteiger partial charge in [0.25, 0.3) is 0 Å². The number of hydrogen-bond donors (Lipinski definition) is 0. The van der Waals surface area contributed by atoms with Crippen molar-refractivity contribution in [2.75, 3.05) is 0 Å². The second kappa shape index (κ2) is 40.6. The first-order valence-corrected chi connectivity index (χ1v) is 32.6. The van der Waals surface area contributed by atoms with Crippen molar-refractivity contribution in [2.45, 2.75) is 34.6 Å². The van der Waals surface area contributed by atoms with Crippen LogP contribution in [0.4, 0.5) is 4.39 Å². The Morgan fingerprint density at radius 2 is 0.796 bits per heavy atom. The summed E-state index contributed by atoms with van der Waals surface area (Å²) in [6.07, 6.45) is 9.10. The van der Waals surface area contributed by atoms with Crippen LogP contribution in [0.2, 0.25) is 0 Å². The molecule has 0 N–H and O–H groups in total. The van der Waals surface area contributed by atoms with E-state index in [-0.39, 0.29) is 95.9 Å². The molecule has 16 aromatic rings. The molecule has 0 spiro atoms. The molecule has 0 atom stereocenters. The van der Waals surface area contributed by atoms with Gasteiger partial charge in [0, 0.05) is 111 Å². The number of aryl methyl sites for hydroxylation is 5. The van der Waals surface area contributed by atoms with Crippen LogP contribution < -0.4 is 0 Å². The van der Waals surface area contributed by atoms with Crippen LogP contribution in [0.15, 0.2) is 340 Å². The van der Waals surface area contributed by atoms with Crippen LogP contribution in [-0.2, 0) is 60.3 Å². The minimum absolute atomic E-state index is 0. The third kappa shape index (κ3) is 22.6. The number of fused-ring (bicyclic) bond motifs is 1. The first-order valence-electron chi connectivity index (χ1n) is 34.6. The first-order chi connectivity index (χ1) is 50.7. The number of pyridine rings is 6. The van der Waals surface area contributed by atoms with Gasteiger partial charge in [-0.25, -0.2) is 4.39 Å². The van der Waals surface area contributed by atoms with Crippen LogP contribution in [0, 0.1) is 76.8 Å². The van der Waals surface area contributed by atoms with E-state index >= 15 is 0 Å². The summed E-state index contributed by atoms with van der Waals surface area (Å²) in [6, 6.07) is 110. The van der Waals surface area contributed by atoms with E-state index in [1.54, 1.807) is 36.8 Å². The molecule has 16 rings (SSSR count). The molecule has 103 heavy (non-hydrogen) atoms. The monoisotopic (exact) mass is 1870 g/mol. The largest absolute Gasteiger partial charge is 0.305 e. The number of benzene rings is 10. The average Bonchev–Trinajstić information content (AvgIpc) is 0.781. The molecule has 0 bridgehead atoms. The van der Waals surface area contributed by atoms with Gasteiger partial charge in [-0.05, 0) is 127 Å². The van der Waals surface area contributed by atoms with Crippen molar-refractivity contribution in [3.05, 3.63) is 410 Å². The van der Waals surface area contributed by atoms with Crippen LogP contribution in [0.5, 0.6) is 0 Å². The van der Waals surface area contributed by atoms with Crippen LogP contribution in [0.3, 0.4) is 0 Å². The van der Waals surface area contributed by atoms with Gasteiger partial charge in [-0.2, -0.15) is 0 Å². The van der Waals surface area contributed by atoms with Gasteiger partial charge in [0.2, 0.25) is 0 Å². The summed E-state index contributed by atoms with van der Waals surface area (Å²) in [4.78, 5) is 26.6. The zero-order valence-electron chi connectivity index (χ0n) is 61.1. The van der Waals surface area contributed by atoms with E-state index in [0.29, 0.717) is 5.69 Å². The molecule has 10 aromatic carbocycles. The summed E-state index contributed by atoms with van der Waals surface area (Å²) < 4.78 is 44.0. The van der Waals surface area contributed by atoms with E-state index in [1.807, 2.05) is 213 Å². The molecule has 10 heteroatoms. The van der Waals surface area contributed by atoms with E-state index in [1.165, 1.54) is 62.0 Å². The molecule has 0 aliphatic carbocycles. The van der Waals surface area contributed by atoms with Gasteiger partial charge in [0.05, 0.1) is 5.52 Å². The van der Waals surface area contributed by atoms with Crippen molar-refractivity contribution in [1.82, 2.24) is 29.9 Å². The quantitative estimate of drug-likeness (QED) is 0.134. The molecule has 0 unspecified atom stereocenters. The van der Waals surface area contributed by atoms with Crippen molar-refractivity contribution in [3.8, 4) is 101 Å². The van der Waals surface area contributed by atoms with Gasteiger partial charge in [0.15, 0.2) is 0 Å². The van der Waals surface area contributed by atoms with Crippen LogP contribution in [0.25, 0.3) is 112 Å². The predicted molar refractivity (Wildman–Crippen MR) is 409 cm³/mol. The van der Waals surface area contributed by atoms with Crippen LogP contribution in [-0.4, -0.2) is 29.9 Å². The first kappa shape index (κ1) is 72.0. The topological polar surface area (TPSA) is 77.3 Å². The third-order valence-corrected chi connectivity index (χ3v) is 15.9. The fraction of sp³-hybridized carbons (Fsp3) is 0.0538. The van der Waals surface area contributed by atoms with E-state index in [4.69, 9.17) is 5.48 Å². The van der Waals surface area contributed by atoms with E-state index in [9.17, 15) is 4.39 Å². The minimum Gasteiger partial charge on any atom is -0.305 e. The molecule has 0 aliphatic heterocycles. The van der Waals surface area contributed by atoms with Crippen molar-refractivity contribution < 1.29 is 70.2 Å². The van der Waals surface area contributed by atoms with Crippen molar-refractivity contribution in [2.24, 2.45) is 0 Å². The summed E-state index contributed by atoms with van der Waals surface area (Å²) in [5, 5.41) is 1.17. The molecule has 0 amide bonds. The average molecular weight is 1870 g/mol. The van der Waals surface area contributed by atoms with Gasteiger partial charge in [-0.3, -0.25) is 4.98 Å². The van der Waals surface area contributed by atoms with Gasteiger partial charge in [0.1, 0.15) is 5.82 Å². The Hall–Kier alpha value is -10.8. The Morgan fingerprint density at radius 1 is 0.330 bits per heavy atom. The fourth-order valence-electron chi connectivity index (χ4n) is 10.6. The molecule has 6 heterocycles. The number of rotatable bonds is 9. The minimum atomic E-state index is -0.316. The smallest absolute Gasteiger partial charge is 0.123 e. The Labute approximate surface area is 651 Å². The Bertz CT molecular complexity index is 5290. The van der Waals surface area contributed by atoms with E-state index in [0.717, 1.165) is 78.5 Å². The Kier molecular flexibility index (Phi) is 28.4. The standard InChI is InChI=1S/C18H13FN.2C18H14N.C15H10N.2C12H10N.3Ir/c1-13-11-18(15-5-3-2-4-6-15)20-12-17(13)14-7-9-16(19)10-8-14;2*1-14-12-18(16-10-6-3-7-11-16)19-13-17(14)15-8-4-2-5-9-15;1-2-6-12(7-3-1)15-11-10-13-8-4-5-9-14(13)16-15;1-10-6-2-3-7-11(10)12-8-4-5-9-13-12;1-10-5-7-11(8-6-10)12-4-2-3-9-13-12;;;/h2-5,7-12H,1H3;2*2-10,12-13H,1H3;1-6,8-11H;2-6,8-9H,1H3;2-7,9H,1H3;;;/q6*-1;;;/i2D,3D,4D,5D;;;;;;;;. The second-order valence-electron chi connectivity index (χ2n) is 23.0. The molecule has 0 fully saturated rings. The van der Waals surface area contributed by atoms with Crippen molar-refractivity contribution in [3.63, 3.8) is 0 Å². The number of aromatic nitrogens is 6. The molecule has 6 aromatic heterocycles. The van der Waals surface area contributed by atoms with Gasteiger partial charge in [-0.15, -0.1) is 214 Å². The summed E-state index contributed by atoms with van der Waals surface area (Å²) in [7, 11) is 0. The zero-order valence-corrected chi connectivity index (χ0v) is 64.3. The maximum absolute atomic E-state index is 13.0. The number of hydrogen-bond acceptors (Lipinski definition) is 6. The number of halogens is 1. The van der Waals surface area contributed by atoms with Crippen LogP contribution in [0.1, 0.15) is 33.3 Å². The second-order valence-corrected chi connectivity index (χ2v) is 23.0. The predicted octanol–water partition coefficient (Wildman–Crippen LogP) is 23.1. The molecule has 0 saturated carbocycles. The molecule has 6 nitrogen and oxygen atoms in total. The zero-order chi connectivity index (χ0) is 72.6. The van der Waals surface area contributed by atoms with Crippen LogP contribution >= 0.6 is 0 Å². The maximum Gasteiger partial charge on any atom is 0.123 e. The molecular weight excluding hydrogens is 1800 g/mol. The normalized spacial score (nSPS) is 10.5. The molecule has 0 aliphatic rings. The van der Waals surface area contributed by atoms with E-state index < -0.39 is 0 Å². The summed E-state index contributed by atoms with van der Waals surface area (Å²) in [6.45, 7) is 10.2. The summed E-state index contributed by atoms with van der Waals surface area (Å²) in [5.74, 6) is -0.309. The maximum atomic E-state index is 13.0. The van der Waals surface area contributed by atoms with Crippen molar-refractivity contribution in [1.29, 1.82) is 0 Å². The van der Waals surface area contributed by atoms with Gasteiger partial charge < -0.3 is 24.9 Å². The Balaban J connectivity index is 0.000000163. The summed E-state index contributed by atoms with van der Waals surface area (Å²) >= 11 is 0. The summed E-state index contributed by atoms with van der Waals surface area (Å²) in [5.41, 5.74) is 24.0. The molecule has 3 radical (unpaired) electrons. The number of nitrogens with zero attached hydrogens (tertiary/aromatic N) is 6. The fourth-order valence-corrected chi connectivity index (χ4v) is 10.6. The molecule has 0 saturated heterocycles. The Morgan fingerprint density at radius 3 is 1.28 bits per heavy atom. The van der Waals surface area contributed by atoms with Gasteiger partial charge >= 0.3 is 0 Å². The number of para-hydroxylation sites is 1. The molecular formula is C93H71FIr3N6-6. The van der Waals surface area contributed by atoms with Gasteiger partial charge in [-0.1, -0.05) is 159 Å². The third-order valence-electron chi connectivity index (χ3n) is 15.9.